The summed E-state index contributed by atoms with van der Waals surface area (Å²) in [5.74, 6) is 0.831. The number of hydrogen-bond acceptors (Lipinski definition) is 4. The largest absolute Gasteiger partial charge is 0.484 e. The summed E-state index contributed by atoms with van der Waals surface area (Å²) in [6.45, 7) is 3.14. The van der Waals surface area contributed by atoms with Crippen molar-refractivity contribution in [3.8, 4) is 5.75 Å². The topological polar surface area (TPSA) is 44.5 Å². The number of ether oxygens (including phenoxy) is 2. The van der Waals surface area contributed by atoms with Gasteiger partial charge in [-0.05, 0) is 41.6 Å². The van der Waals surface area contributed by atoms with Crippen molar-refractivity contribution in [1.29, 1.82) is 0 Å². The Kier molecular flexibility index (Phi) is 4.96. The highest BCUT2D eigenvalue weighted by Gasteiger charge is 2.15. The zero-order chi connectivity index (χ0) is 13.7. The monoisotopic (exact) mass is 277 g/mol. The van der Waals surface area contributed by atoms with E-state index in [0.717, 1.165) is 11.3 Å². The highest BCUT2D eigenvalue weighted by molar-refractivity contribution is 7.10. The molecule has 19 heavy (non-hydrogen) atoms. The van der Waals surface area contributed by atoms with Crippen molar-refractivity contribution in [1.82, 2.24) is 0 Å². The first-order valence-corrected chi connectivity index (χ1v) is 7.11. The summed E-state index contributed by atoms with van der Waals surface area (Å²) in [6.07, 6.45) is -0.0854. The van der Waals surface area contributed by atoms with E-state index in [1.165, 1.54) is 10.4 Å². The first kappa shape index (κ1) is 14.1. The lowest BCUT2D eigenvalue weighted by Gasteiger charge is -2.17. The number of methoxy groups -OCH3 is 1. The maximum Gasteiger partial charge on any atom is 0.145 e. The average molecular weight is 277 g/mol. The molecule has 0 bridgehead atoms. The van der Waals surface area contributed by atoms with Crippen LogP contribution in [0.25, 0.3) is 0 Å². The maximum atomic E-state index is 6.01. The summed E-state index contributed by atoms with van der Waals surface area (Å²) in [6, 6.07) is 10.0. The Labute approximate surface area is 118 Å². The number of benzene rings is 1. The quantitative estimate of drug-likeness (QED) is 0.881. The summed E-state index contributed by atoms with van der Waals surface area (Å²) >= 11 is 1.69. The third-order valence-electron chi connectivity index (χ3n) is 2.90. The van der Waals surface area contributed by atoms with Crippen LogP contribution in [0.2, 0.25) is 0 Å². The predicted octanol–water partition coefficient (Wildman–Crippen LogP) is 3.28. The Hall–Kier alpha value is -1.36. The van der Waals surface area contributed by atoms with Crippen LogP contribution in [0.4, 0.5) is 0 Å². The molecule has 0 saturated heterocycles. The molecule has 2 N–H and O–H groups in total. The van der Waals surface area contributed by atoms with Crippen molar-refractivity contribution < 1.29 is 9.47 Å². The fourth-order valence-corrected chi connectivity index (χ4v) is 2.93. The first-order valence-electron chi connectivity index (χ1n) is 6.23. The summed E-state index contributed by atoms with van der Waals surface area (Å²) in [5, 5.41) is 2.07. The van der Waals surface area contributed by atoms with Gasteiger partial charge in [0.2, 0.25) is 0 Å². The molecule has 4 heteroatoms. The van der Waals surface area contributed by atoms with Crippen molar-refractivity contribution in [2.45, 2.75) is 19.6 Å². The third-order valence-corrected chi connectivity index (χ3v) is 4.01. The Balaban J connectivity index is 2.14. The molecule has 0 saturated carbocycles. The fourth-order valence-electron chi connectivity index (χ4n) is 1.96. The molecule has 1 atom stereocenters. The number of hydrogen-bond donors (Lipinski definition) is 1. The second kappa shape index (κ2) is 6.70. The van der Waals surface area contributed by atoms with E-state index in [1.54, 1.807) is 18.4 Å². The summed E-state index contributed by atoms with van der Waals surface area (Å²) in [5.41, 5.74) is 8.16. The second-order valence-electron chi connectivity index (χ2n) is 4.39. The van der Waals surface area contributed by atoms with E-state index in [0.29, 0.717) is 13.2 Å². The molecule has 1 heterocycles. The molecule has 0 aliphatic carbocycles. The van der Waals surface area contributed by atoms with E-state index in [1.807, 2.05) is 24.3 Å². The van der Waals surface area contributed by atoms with Gasteiger partial charge in [0.1, 0.15) is 11.9 Å². The van der Waals surface area contributed by atoms with E-state index in [2.05, 4.69) is 18.4 Å². The molecule has 2 aromatic rings. The summed E-state index contributed by atoms with van der Waals surface area (Å²) < 4.78 is 11.1. The lowest BCUT2D eigenvalue weighted by molar-refractivity contribution is 0.183. The molecule has 3 nitrogen and oxygen atoms in total. The highest BCUT2D eigenvalue weighted by atomic mass is 32.1. The Morgan fingerprint density at radius 3 is 2.79 bits per heavy atom. The lowest BCUT2D eigenvalue weighted by Crippen LogP contribution is -2.18. The molecule has 0 radical (unpaired) electrons. The Bertz CT molecular complexity index is 524. The summed E-state index contributed by atoms with van der Waals surface area (Å²) in [7, 11) is 1.69. The molecule has 0 aliphatic rings. The van der Waals surface area contributed by atoms with Crippen molar-refractivity contribution in [2.75, 3.05) is 13.7 Å². The van der Waals surface area contributed by atoms with Crippen LogP contribution in [0.5, 0.6) is 5.75 Å². The van der Waals surface area contributed by atoms with Gasteiger partial charge in [0.05, 0.1) is 6.61 Å². The van der Waals surface area contributed by atoms with Crippen molar-refractivity contribution in [3.05, 3.63) is 51.7 Å². The van der Waals surface area contributed by atoms with Gasteiger partial charge >= 0.3 is 0 Å². The van der Waals surface area contributed by atoms with E-state index >= 15 is 0 Å². The molecular weight excluding hydrogens is 258 g/mol. The van der Waals surface area contributed by atoms with Crippen LogP contribution in [-0.2, 0) is 11.3 Å². The molecule has 0 aliphatic heterocycles. The molecule has 1 unspecified atom stereocenters. The maximum absolute atomic E-state index is 6.01. The zero-order valence-corrected chi connectivity index (χ0v) is 12.1. The third kappa shape index (κ3) is 3.56. The van der Waals surface area contributed by atoms with Gasteiger partial charge in [-0.15, -0.1) is 11.3 Å². The van der Waals surface area contributed by atoms with E-state index in [9.17, 15) is 0 Å². The first-order chi connectivity index (χ1) is 9.24. The van der Waals surface area contributed by atoms with Crippen molar-refractivity contribution in [3.63, 3.8) is 0 Å². The van der Waals surface area contributed by atoms with Gasteiger partial charge in [0, 0.05) is 18.5 Å². The summed E-state index contributed by atoms with van der Waals surface area (Å²) in [4.78, 5) is 1.19. The lowest BCUT2D eigenvalue weighted by atomic mass is 10.2. The predicted molar refractivity (Wildman–Crippen MR) is 78.6 cm³/mol. The molecule has 102 valence electrons. The molecule has 0 spiro atoms. The van der Waals surface area contributed by atoms with Crippen molar-refractivity contribution in [2.24, 2.45) is 5.73 Å². The molecule has 1 aromatic carbocycles. The minimum absolute atomic E-state index is 0.0854. The average Bonchev–Trinajstić information content (AvgIpc) is 2.83. The molecule has 1 aromatic heterocycles. The van der Waals surface area contributed by atoms with Crippen LogP contribution in [0.1, 0.15) is 22.1 Å². The van der Waals surface area contributed by atoms with E-state index in [4.69, 9.17) is 15.2 Å². The van der Waals surface area contributed by atoms with Crippen LogP contribution in [-0.4, -0.2) is 13.7 Å². The van der Waals surface area contributed by atoms with Crippen LogP contribution in [0.3, 0.4) is 0 Å². The molecular formula is C15H19NO2S. The van der Waals surface area contributed by atoms with Crippen LogP contribution in [0.15, 0.2) is 35.7 Å². The minimum atomic E-state index is -0.0854. The van der Waals surface area contributed by atoms with Gasteiger partial charge in [-0.2, -0.15) is 0 Å². The second-order valence-corrected chi connectivity index (χ2v) is 5.34. The Morgan fingerprint density at radius 1 is 1.32 bits per heavy atom. The Morgan fingerprint density at radius 2 is 2.16 bits per heavy atom. The normalized spacial score (nSPS) is 12.4. The molecule has 0 fully saturated rings. The van der Waals surface area contributed by atoms with Crippen LogP contribution >= 0.6 is 11.3 Å². The number of thiophene rings is 1. The number of rotatable bonds is 6. The van der Waals surface area contributed by atoms with Gasteiger partial charge in [0.25, 0.3) is 0 Å². The van der Waals surface area contributed by atoms with Gasteiger partial charge in [-0.3, -0.25) is 0 Å². The standard InChI is InChI=1S/C15H19NO2S/c1-11-6-7-19-15(11)14(9-16)18-13-5-3-4-12(8-13)10-17-2/h3-8,14H,9-10,16H2,1-2H3. The number of aryl methyl sites for hydroxylation is 1. The van der Waals surface area contributed by atoms with Gasteiger partial charge in [0.15, 0.2) is 0 Å². The van der Waals surface area contributed by atoms with E-state index < -0.39 is 0 Å². The fraction of sp³-hybridized carbons (Fsp3) is 0.333. The van der Waals surface area contributed by atoms with Gasteiger partial charge in [-0.1, -0.05) is 12.1 Å². The molecule has 0 amide bonds. The van der Waals surface area contributed by atoms with Crippen LogP contribution in [0, 0.1) is 6.92 Å². The van der Waals surface area contributed by atoms with Gasteiger partial charge < -0.3 is 15.2 Å². The van der Waals surface area contributed by atoms with E-state index in [-0.39, 0.29) is 6.10 Å². The van der Waals surface area contributed by atoms with Gasteiger partial charge in [-0.25, -0.2) is 0 Å². The number of nitrogens with two attached hydrogens (primary N) is 1. The van der Waals surface area contributed by atoms with Crippen molar-refractivity contribution >= 4 is 11.3 Å². The SMILES string of the molecule is COCc1cccc(OC(CN)c2sccc2C)c1. The minimum Gasteiger partial charge on any atom is -0.484 e. The smallest absolute Gasteiger partial charge is 0.145 e. The van der Waals surface area contributed by atoms with Crippen LogP contribution < -0.4 is 10.5 Å². The molecule has 2 rings (SSSR count). The zero-order valence-electron chi connectivity index (χ0n) is 11.3. The highest BCUT2D eigenvalue weighted by Crippen LogP contribution is 2.28.